The first-order valence-electron chi connectivity index (χ1n) is 5.96. The van der Waals surface area contributed by atoms with E-state index in [-0.39, 0.29) is 19.0 Å². The SMILES string of the molecule is Cl.NCC(O)(Cc1ccc(Cl)cc1)c1cccc(Br)c1. The van der Waals surface area contributed by atoms with Crippen molar-refractivity contribution >= 4 is 39.9 Å². The van der Waals surface area contributed by atoms with Crippen LogP contribution in [0.15, 0.2) is 53.0 Å². The maximum absolute atomic E-state index is 10.8. The molecule has 5 heteroatoms. The van der Waals surface area contributed by atoms with Crippen molar-refractivity contribution in [3.05, 3.63) is 69.2 Å². The molecule has 0 heterocycles. The molecule has 0 radical (unpaired) electrons. The van der Waals surface area contributed by atoms with Crippen LogP contribution in [0, 0.1) is 0 Å². The highest BCUT2D eigenvalue weighted by Gasteiger charge is 2.28. The molecule has 0 spiro atoms. The molecule has 1 atom stereocenters. The average molecular weight is 377 g/mol. The lowest BCUT2D eigenvalue weighted by molar-refractivity contribution is 0.0462. The number of hydrogen-bond acceptors (Lipinski definition) is 2. The van der Waals surface area contributed by atoms with Gasteiger partial charge in [0.1, 0.15) is 5.60 Å². The van der Waals surface area contributed by atoms with Gasteiger partial charge < -0.3 is 10.8 Å². The molecule has 0 saturated carbocycles. The molecule has 0 aliphatic rings. The fourth-order valence-electron chi connectivity index (χ4n) is 2.01. The molecule has 0 fully saturated rings. The zero-order chi connectivity index (χ0) is 13.9. The van der Waals surface area contributed by atoms with E-state index >= 15 is 0 Å². The summed E-state index contributed by atoms with van der Waals surface area (Å²) in [6.07, 6.45) is 0.455. The van der Waals surface area contributed by atoms with Gasteiger partial charge in [-0.25, -0.2) is 0 Å². The summed E-state index contributed by atoms with van der Waals surface area (Å²) < 4.78 is 0.924. The van der Waals surface area contributed by atoms with Crippen LogP contribution in [0.2, 0.25) is 5.02 Å². The van der Waals surface area contributed by atoms with Crippen molar-refractivity contribution in [3.63, 3.8) is 0 Å². The van der Waals surface area contributed by atoms with E-state index in [0.717, 1.165) is 15.6 Å². The molecule has 0 saturated heterocycles. The molecule has 0 amide bonds. The first-order chi connectivity index (χ1) is 9.03. The van der Waals surface area contributed by atoms with Gasteiger partial charge >= 0.3 is 0 Å². The molecule has 0 aliphatic carbocycles. The Bertz CT molecular complexity index is 562. The zero-order valence-corrected chi connectivity index (χ0v) is 13.9. The van der Waals surface area contributed by atoms with E-state index in [0.29, 0.717) is 11.4 Å². The normalized spacial score (nSPS) is 13.4. The van der Waals surface area contributed by atoms with Crippen LogP contribution in [0.25, 0.3) is 0 Å². The van der Waals surface area contributed by atoms with Crippen LogP contribution in [0.5, 0.6) is 0 Å². The van der Waals surface area contributed by atoms with Crippen molar-refractivity contribution in [2.24, 2.45) is 5.73 Å². The highest BCUT2D eigenvalue weighted by molar-refractivity contribution is 9.10. The lowest BCUT2D eigenvalue weighted by Gasteiger charge is -2.27. The van der Waals surface area contributed by atoms with Crippen LogP contribution in [-0.4, -0.2) is 11.7 Å². The maximum Gasteiger partial charge on any atom is 0.106 e. The minimum absolute atomic E-state index is 0. The van der Waals surface area contributed by atoms with E-state index in [1.165, 1.54) is 0 Å². The quantitative estimate of drug-likeness (QED) is 0.849. The first kappa shape index (κ1) is 17.5. The number of rotatable bonds is 4. The van der Waals surface area contributed by atoms with Gasteiger partial charge in [-0.15, -0.1) is 12.4 Å². The standard InChI is InChI=1S/C15H15BrClNO.ClH/c16-13-3-1-2-12(8-13)15(19,10-18)9-11-4-6-14(17)7-5-11;/h1-8,19H,9-10,18H2;1H. The third-order valence-electron chi connectivity index (χ3n) is 3.11. The number of aliphatic hydroxyl groups is 1. The average Bonchev–Trinajstić information content (AvgIpc) is 2.41. The Hall–Kier alpha value is -0.580. The summed E-state index contributed by atoms with van der Waals surface area (Å²) in [5.41, 5.74) is 6.51. The summed E-state index contributed by atoms with van der Waals surface area (Å²) in [5.74, 6) is 0. The van der Waals surface area contributed by atoms with Gasteiger partial charge in [0, 0.05) is 22.5 Å². The Morgan fingerprint density at radius 3 is 2.35 bits per heavy atom. The minimum Gasteiger partial charge on any atom is -0.383 e. The fourth-order valence-corrected chi connectivity index (χ4v) is 2.54. The number of benzene rings is 2. The summed E-state index contributed by atoms with van der Waals surface area (Å²) in [6.45, 7) is 0.159. The van der Waals surface area contributed by atoms with E-state index in [2.05, 4.69) is 15.9 Å². The van der Waals surface area contributed by atoms with Gasteiger partial charge in [0.15, 0.2) is 0 Å². The second kappa shape index (κ2) is 7.43. The molecular weight excluding hydrogens is 361 g/mol. The molecule has 2 aromatic carbocycles. The Labute approximate surface area is 138 Å². The Morgan fingerprint density at radius 2 is 1.80 bits per heavy atom. The molecule has 0 bridgehead atoms. The second-order valence-electron chi connectivity index (χ2n) is 4.55. The van der Waals surface area contributed by atoms with Crippen molar-refractivity contribution in [1.29, 1.82) is 0 Å². The summed E-state index contributed by atoms with van der Waals surface area (Å²) in [7, 11) is 0. The van der Waals surface area contributed by atoms with E-state index in [1.54, 1.807) is 0 Å². The lowest BCUT2D eigenvalue weighted by Crippen LogP contribution is -2.37. The minimum atomic E-state index is -1.07. The molecular formula is C15H16BrCl2NO. The van der Waals surface area contributed by atoms with E-state index < -0.39 is 5.60 Å². The van der Waals surface area contributed by atoms with Crippen LogP contribution < -0.4 is 5.73 Å². The van der Waals surface area contributed by atoms with Crippen molar-refractivity contribution in [2.75, 3.05) is 6.54 Å². The van der Waals surface area contributed by atoms with Crippen molar-refractivity contribution in [2.45, 2.75) is 12.0 Å². The van der Waals surface area contributed by atoms with Crippen LogP contribution >= 0.6 is 39.9 Å². The first-order valence-corrected chi connectivity index (χ1v) is 7.13. The highest BCUT2D eigenvalue weighted by atomic mass is 79.9. The number of nitrogens with two attached hydrogens (primary N) is 1. The van der Waals surface area contributed by atoms with Gasteiger partial charge in [-0.1, -0.05) is 51.8 Å². The van der Waals surface area contributed by atoms with Crippen LogP contribution in [0.1, 0.15) is 11.1 Å². The molecule has 20 heavy (non-hydrogen) atoms. The second-order valence-corrected chi connectivity index (χ2v) is 5.90. The third kappa shape index (κ3) is 4.21. The zero-order valence-electron chi connectivity index (χ0n) is 10.7. The summed E-state index contributed by atoms with van der Waals surface area (Å²) in [6, 6.07) is 15.0. The Balaban J connectivity index is 0.00000200. The van der Waals surface area contributed by atoms with Crippen molar-refractivity contribution in [3.8, 4) is 0 Å². The molecule has 1 unspecified atom stereocenters. The van der Waals surface area contributed by atoms with Gasteiger partial charge in [0.05, 0.1) is 0 Å². The molecule has 0 aliphatic heterocycles. The van der Waals surface area contributed by atoms with E-state index in [1.807, 2.05) is 48.5 Å². The third-order valence-corrected chi connectivity index (χ3v) is 3.85. The predicted molar refractivity (Wildman–Crippen MR) is 89.5 cm³/mol. The van der Waals surface area contributed by atoms with Crippen LogP contribution in [0.4, 0.5) is 0 Å². The van der Waals surface area contributed by atoms with Crippen LogP contribution in [-0.2, 0) is 12.0 Å². The Morgan fingerprint density at radius 1 is 1.15 bits per heavy atom. The summed E-state index contributed by atoms with van der Waals surface area (Å²) >= 11 is 9.27. The topological polar surface area (TPSA) is 46.2 Å². The fraction of sp³-hybridized carbons (Fsp3) is 0.200. The van der Waals surface area contributed by atoms with E-state index in [9.17, 15) is 5.11 Å². The molecule has 2 nitrogen and oxygen atoms in total. The number of hydrogen-bond donors (Lipinski definition) is 2. The van der Waals surface area contributed by atoms with Crippen molar-refractivity contribution in [1.82, 2.24) is 0 Å². The Kier molecular flexibility index (Phi) is 6.49. The predicted octanol–water partition coefficient (Wildman–Crippen LogP) is 3.91. The molecule has 108 valence electrons. The molecule has 3 N–H and O–H groups in total. The largest absolute Gasteiger partial charge is 0.383 e. The van der Waals surface area contributed by atoms with Gasteiger partial charge in [-0.3, -0.25) is 0 Å². The molecule has 0 aromatic heterocycles. The molecule has 2 aromatic rings. The van der Waals surface area contributed by atoms with Gasteiger partial charge in [-0.05, 0) is 35.4 Å². The lowest BCUT2D eigenvalue weighted by atomic mass is 9.87. The molecule has 2 rings (SSSR count). The summed E-state index contributed by atoms with van der Waals surface area (Å²) in [5, 5.41) is 11.4. The number of halogens is 3. The van der Waals surface area contributed by atoms with Gasteiger partial charge in [-0.2, -0.15) is 0 Å². The van der Waals surface area contributed by atoms with Crippen LogP contribution in [0.3, 0.4) is 0 Å². The highest BCUT2D eigenvalue weighted by Crippen LogP contribution is 2.27. The van der Waals surface area contributed by atoms with Crippen molar-refractivity contribution < 1.29 is 5.11 Å². The van der Waals surface area contributed by atoms with Gasteiger partial charge in [0.25, 0.3) is 0 Å². The smallest absolute Gasteiger partial charge is 0.106 e. The summed E-state index contributed by atoms with van der Waals surface area (Å²) in [4.78, 5) is 0. The van der Waals surface area contributed by atoms with E-state index in [4.69, 9.17) is 17.3 Å². The van der Waals surface area contributed by atoms with Gasteiger partial charge in [0.2, 0.25) is 0 Å². The maximum atomic E-state index is 10.8. The monoisotopic (exact) mass is 375 g/mol.